The number of imidazole rings is 1. The predicted octanol–water partition coefficient (Wildman–Crippen LogP) is 4.60. The SMILES string of the molecule is C=C/C(=C\c1c(C(N)=O)ccnc1C)c1c(-c2cccc(C)n2)nc2n1[C@H]1CC[C@@H]2C1. The first-order valence-corrected chi connectivity index (χ1v) is 10.6. The molecule has 2 bridgehead atoms. The van der Waals surface area contributed by atoms with Gasteiger partial charge >= 0.3 is 0 Å². The van der Waals surface area contributed by atoms with Crippen LogP contribution in [0.4, 0.5) is 0 Å². The monoisotopic (exact) mass is 411 g/mol. The third-order valence-electron chi connectivity index (χ3n) is 6.45. The second-order valence-corrected chi connectivity index (χ2v) is 8.39. The molecule has 3 aromatic rings. The van der Waals surface area contributed by atoms with Gasteiger partial charge in [0.25, 0.3) is 0 Å². The number of pyridine rings is 2. The second kappa shape index (κ2) is 7.30. The van der Waals surface area contributed by atoms with Crippen molar-refractivity contribution in [2.24, 2.45) is 5.73 Å². The fraction of sp³-hybridized carbons (Fsp3) is 0.280. The van der Waals surface area contributed by atoms with E-state index < -0.39 is 5.91 Å². The first-order chi connectivity index (χ1) is 15.0. The van der Waals surface area contributed by atoms with Crippen LogP contribution in [-0.4, -0.2) is 25.4 Å². The molecule has 0 unspecified atom stereocenters. The van der Waals surface area contributed by atoms with Crippen LogP contribution in [0.2, 0.25) is 0 Å². The number of amides is 1. The van der Waals surface area contributed by atoms with Crippen LogP contribution in [0.15, 0.2) is 43.1 Å². The first kappa shape index (κ1) is 19.4. The summed E-state index contributed by atoms with van der Waals surface area (Å²) in [7, 11) is 0. The van der Waals surface area contributed by atoms with E-state index in [1.54, 1.807) is 12.3 Å². The first-order valence-electron chi connectivity index (χ1n) is 10.6. The van der Waals surface area contributed by atoms with E-state index in [4.69, 9.17) is 15.7 Å². The maximum atomic E-state index is 12.1. The van der Waals surface area contributed by atoms with Crippen molar-refractivity contribution in [1.82, 2.24) is 19.5 Å². The third-order valence-corrected chi connectivity index (χ3v) is 6.45. The molecule has 2 N–H and O–H groups in total. The van der Waals surface area contributed by atoms with Gasteiger partial charge in [-0.1, -0.05) is 18.7 Å². The zero-order valence-corrected chi connectivity index (χ0v) is 17.8. The van der Waals surface area contributed by atoms with E-state index in [9.17, 15) is 4.79 Å². The van der Waals surface area contributed by atoms with Crippen molar-refractivity contribution >= 4 is 17.6 Å². The number of carbonyl (C=O) groups excluding carboxylic acids is 1. The number of fused-ring (bicyclic) bond motifs is 5. The topological polar surface area (TPSA) is 86.7 Å². The minimum atomic E-state index is -0.474. The molecule has 0 spiro atoms. The molecular weight excluding hydrogens is 386 g/mol. The van der Waals surface area contributed by atoms with Crippen LogP contribution in [0.25, 0.3) is 23.0 Å². The number of primary amides is 1. The van der Waals surface area contributed by atoms with Gasteiger partial charge in [0.15, 0.2) is 0 Å². The fourth-order valence-corrected chi connectivity index (χ4v) is 5.02. The number of carbonyl (C=O) groups is 1. The van der Waals surface area contributed by atoms with Gasteiger partial charge in [-0.3, -0.25) is 14.8 Å². The van der Waals surface area contributed by atoms with Crippen molar-refractivity contribution in [2.75, 3.05) is 0 Å². The minimum Gasteiger partial charge on any atom is -0.366 e. The number of rotatable bonds is 5. The molecule has 6 nitrogen and oxygen atoms in total. The number of aryl methyl sites for hydroxylation is 2. The van der Waals surface area contributed by atoms with Crippen molar-refractivity contribution in [3.05, 3.63) is 77.2 Å². The molecule has 5 rings (SSSR count). The summed E-state index contributed by atoms with van der Waals surface area (Å²) in [4.78, 5) is 26.3. The molecule has 4 heterocycles. The van der Waals surface area contributed by atoms with Gasteiger partial charge in [0.1, 0.15) is 11.5 Å². The molecule has 0 aromatic carbocycles. The molecule has 2 aliphatic rings. The van der Waals surface area contributed by atoms with E-state index in [1.165, 1.54) is 6.42 Å². The average molecular weight is 412 g/mol. The summed E-state index contributed by atoms with van der Waals surface area (Å²) in [5, 5.41) is 0. The molecular formula is C25H25N5O. The molecule has 1 aliphatic heterocycles. The molecule has 3 aromatic heterocycles. The van der Waals surface area contributed by atoms with Crippen LogP contribution < -0.4 is 5.73 Å². The summed E-state index contributed by atoms with van der Waals surface area (Å²) >= 11 is 0. The van der Waals surface area contributed by atoms with E-state index in [-0.39, 0.29) is 0 Å². The summed E-state index contributed by atoms with van der Waals surface area (Å²) in [6, 6.07) is 8.09. The molecule has 2 atom stereocenters. The van der Waals surface area contributed by atoms with E-state index in [1.807, 2.05) is 44.2 Å². The maximum Gasteiger partial charge on any atom is 0.249 e. The third kappa shape index (κ3) is 3.10. The molecule has 0 radical (unpaired) electrons. The van der Waals surface area contributed by atoms with Gasteiger partial charge in [0, 0.05) is 46.2 Å². The van der Waals surface area contributed by atoms with Gasteiger partial charge in [-0.05, 0) is 57.4 Å². The highest BCUT2D eigenvalue weighted by molar-refractivity contribution is 6.00. The van der Waals surface area contributed by atoms with E-state index in [0.29, 0.717) is 23.1 Å². The Morgan fingerprint density at radius 2 is 2.06 bits per heavy atom. The highest BCUT2D eigenvalue weighted by Gasteiger charge is 2.41. The Bertz CT molecular complexity index is 1250. The van der Waals surface area contributed by atoms with E-state index >= 15 is 0 Å². The lowest BCUT2D eigenvalue weighted by molar-refractivity contribution is 0.1000. The van der Waals surface area contributed by atoms with Gasteiger partial charge < -0.3 is 10.3 Å². The van der Waals surface area contributed by atoms with Crippen molar-refractivity contribution in [1.29, 1.82) is 0 Å². The number of hydrogen-bond acceptors (Lipinski definition) is 4. The largest absolute Gasteiger partial charge is 0.366 e. The fourth-order valence-electron chi connectivity index (χ4n) is 5.02. The summed E-state index contributed by atoms with van der Waals surface area (Å²) in [5.41, 5.74) is 12.1. The van der Waals surface area contributed by atoms with Gasteiger partial charge in [0.05, 0.1) is 11.4 Å². The normalized spacial score (nSPS) is 19.5. The van der Waals surface area contributed by atoms with Crippen LogP contribution in [0, 0.1) is 13.8 Å². The highest BCUT2D eigenvalue weighted by Crippen LogP contribution is 2.51. The minimum absolute atomic E-state index is 0.440. The predicted molar refractivity (Wildman–Crippen MR) is 121 cm³/mol. The summed E-state index contributed by atoms with van der Waals surface area (Å²) in [5.74, 6) is 1.16. The van der Waals surface area contributed by atoms with Gasteiger partial charge in [0.2, 0.25) is 5.91 Å². The Labute approximate surface area is 181 Å². The Hall–Kier alpha value is -3.54. The van der Waals surface area contributed by atoms with Crippen LogP contribution >= 0.6 is 0 Å². The van der Waals surface area contributed by atoms with Crippen LogP contribution in [-0.2, 0) is 0 Å². The lowest BCUT2D eigenvalue weighted by Gasteiger charge is -2.18. The highest BCUT2D eigenvalue weighted by atomic mass is 16.1. The van der Waals surface area contributed by atoms with E-state index in [2.05, 4.69) is 16.1 Å². The molecule has 1 amide bonds. The van der Waals surface area contributed by atoms with Crippen molar-refractivity contribution in [3.63, 3.8) is 0 Å². The Balaban J connectivity index is 1.77. The molecule has 1 fully saturated rings. The summed E-state index contributed by atoms with van der Waals surface area (Å²) < 4.78 is 2.37. The summed E-state index contributed by atoms with van der Waals surface area (Å²) in [6.45, 7) is 7.96. The standard InChI is InChI=1S/C25H25N5O/c1-4-16(13-20-15(3)27-11-10-19(20)24(26)31)23-22(21-7-5-6-14(2)28-21)29-25-17-8-9-18(12-17)30(23)25/h4-7,10-11,13,17-18H,1,8-9,12H2,2-3H3,(H2,26,31)/b16-13+/t17-,18+/m1/s1. The number of allylic oxidation sites excluding steroid dienone is 2. The van der Waals surface area contributed by atoms with Crippen LogP contribution in [0.1, 0.15) is 70.0 Å². The number of hydrogen-bond donors (Lipinski definition) is 1. The van der Waals surface area contributed by atoms with Gasteiger partial charge in [-0.25, -0.2) is 4.98 Å². The van der Waals surface area contributed by atoms with E-state index in [0.717, 1.165) is 52.7 Å². The van der Waals surface area contributed by atoms with Crippen molar-refractivity contribution in [3.8, 4) is 11.4 Å². The maximum absolute atomic E-state index is 12.1. The zero-order chi connectivity index (χ0) is 21.7. The van der Waals surface area contributed by atoms with Crippen molar-refractivity contribution < 1.29 is 4.79 Å². The van der Waals surface area contributed by atoms with Crippen molar-refractivity contribution in [2.45, 2.75) is 45.1 Å². The quantitative estimate of drug-likeness (QED) is 0.622. The van der Waals surface area contributed by atoms with Gasteiger partial charge in [-0.2, -0.15) is 0 Å². The zero-order valence-electron chi connectivity index (χ0n) is 17.8. The molecule has 6 heteroatoms. The second-order valence-electron chi connectivity index (χ2n) is 8.39. The number of nitrogens with zero attached hydrogens (tertiary/aromatic N) is 4. The Kier molecular flexibility index (Phi) is 4.58. The van der Waals surface area contributed by atoms with Gasteiger partial charge in [-0.15, -0.1) is 0 Å². The number of aromatic nitrogens is 4. The van der Waals surface area contributed by atoms with Crippen LogP contribution in [0.3, 0.4) is 0 Å². The lowest BCUT2D eigenvalue weighted by Crippen LogP contribution is -2.14. The Morgan fingerprint density at radius 1 is 1.23 bits per heavy atom. The molecule has 1 aliphatic carbocycles. The number of nitrogens with two attached hydrogens (primary N) is 1. The summed E-state index contributed by atoms with van der Waals surface area (Å²) in [6.07, 6.45) is 8.88. The molecule has 1 saturated carbocycles. The van der Waals surface area contributed by atoms with Crippen LogP contribution in [0.5, 0.6) is 0 Å². The lowest BCUT2D eigenvalue weighted by atomic mass is 9.99. The molecule has 31 heavy (non-hydrogen) atoms. The molecule has 156 valence electrons. The smallest absolute Gasteiger partial charge is 0.249 e. The Morgan fingerprint density at radius 3 is 2.81 bits per heavy atom. The molecule has 0 saturated heterocycles. The average Bonchev–Trinajstić information content (AvgIpc) is 3.45.